The zero-order chi connectivity index (χ0) is 11.7. The van der Waals surface area contributed by atoms with Gasteiger partial charge < -0.3 is 16.4 Å². The normalized spacial score (nSPS) is 24.8. The largest absolute Gasteiger partial charge is 0.366 e. The molecule has 16 heavy (non-hydrogen) atoms. The van der Waals surface area contributed by atoms with E-state index in [1.165, 1.54) is 0 Å². The van der Waals surface area contributed by atoms with Gasteiger partial charge in [-0.2, -0.15) is 0 Å². The summed E-state index contributed by atoms with van der Waals surface area (Å²) in [5.41, 5.74) is 11.7. The summed E-state index contributed by atoms with van der Waals surface area (Å²) in [5.74, 6) is 0.787. The number of nitrogens with zero attached hydrogens (tertiary/aromatic N) is 2. The van der Waals surface area contributed by atoms with Crippen molar-refractivity contribution in [3.8, 4) is 0 Å². The van der Waals surface area contributed by atoms with E-state index in [0.29, 0.717) is 11.5 Å². The Hall–Kier alpha value is -1.62. The predicted molar refractivity (Wildman–Crippen MR) is 62.1 cm³/mol. The molecule has 1 aromatic rings. The maximum Gasteiger partial charge on any atom is 0.248 e. The molecule has 1 fully saturated rings. The van der Waals surface area contributed by atoms with Crippen molar-refractivity contribution in [2.24, 2.45) is 17.4 Å². The van der Waals surface area contributed by atoms with Gasteiger partial charge in [0.25, 0.3) is 0 Å². The van der Waals surface area contributed by atoms with Crippen molar-refractivity contribution in [2.75, 3.05) is 18.0 Å². The van der Waals surface area contributed by atoms with E-state index < -0.39 is 5.91 Å². The Balaban J connectivity index is 2.21. The van der Waals surface area contributed by atoms with Gasteiger partial charge in [-0.3, -0.25) is 4.79 Å². The van der Waals surface area contributed by atoms with Crippen LogP contribution < -0.4 is 16.4 Å². The Labute approximate surface area is 94.4 Å². The van der Waals surface area contributed by atoms with Crippen molar-refractivity contribution >= 4 is 11.7 Å². The second-order valence-electron chi connectivity index (χ2n) is 4.31. The molecule has 2 heterocycles. The first-order chi connectivity index (χ1) is 7.58. The van der Waals surface area contributed by atoms with Gasteiger partial charge >= 0.3 is 0 Å². The minimum absolute atomic E-state index is 0.166. The first-order valence-corrected chi connectivity index (χ1v) is 5.34. The number of anilines is 1. The topological polar surface area (TPSA) is 85.2 Å². The Morgan fingerprint density at radius 3 is 2.88 bits per heavy atom. The van der Waals surface area contributed by atoms with Gasteiger partial charge in [0, 0.05) is 30.9 Å². The lowest BCUT2D eigenvalue weighted by molar-refractivity contribution is 0.1000. The van der Waals surface area contributed by atoms with E-state index in [9.17, 15) is 4.79 Å². The lowest BCUT2D eigenvalue weighted by Gasteiger charge is -2.17. The molecule has 1 aromatic heterocycles. The van der Waals surface area contributed by atoms with Crippen LogP contribution in [0.1, 0.15) is 17.3 Å². The lowest BCUT2D eigenvalue weighted by Crippen LogP contribution is -2.28. The molecule has 5 heteroatoms. The molecule has 1 saturated heterocycles. The number of nitrogens with two attached hydrogens (primary N) is 2. The summed E-state index contributed by atoms with van der Waals surface area (Å²) in [7, 11) is 0. The molecule has 86 valence electrons. The summed E-state index contributed by atoms with van der Waals surface area (Å²) in [6, 6.07) is 3.50. The van der Waals surface area contributed by atoms with Gasteiger partial charge in [-0.25, -0.2) is 4.98 Å². The number of carbonyl (C=O) groups is 1. The second kappa shape index (κ2) is 4.09. The Morgan fingerprint density at radius 1 is 1.56 bits per heavy atom. The fourth-order valence-electron chi connectivity index (χ4n) is 1.92. The van der Waals surface area contributed by atoms with Crippen LogP contribution in [-0.2, 0) is 0 Å². The Bertz CT molecular complexity index is 397. The molecule has 1 aliphatic rings. The molecule has 2 rings (SSSR count). The van der Waals surface area contributed by atoms with Crippen LogP contribution in [-0.4, -0.2) is 30.0 Å². The molecule has 0 aromatic carbocycles. The van der Waals surface area contributed by atoms with Gasteiger partial charge in [-0.05, 0) is 18.1 Å². The number of primary amides is 1. The molecule has 1 amide bonds. The molecule has 0 bridgehead atoms. The summed E-state index contributed by atoms with van der Waals surface area (Å²) in [4.78, 5) is 17.4. The summed E-state index contributed by atoms with van der Waals surface area (Å²) >= 11 is 0. The second-order valence-corrected chi connectivity index (χ2v) is 4.31. The molecule has 0 saturated carbocycles. The first-order valence-electron chi connectivity index (χ1n) is 5.34. The molecule has 0 spiro atoms. The number of rotatable bonds is 2. The molecule has 5 nitrogen and oxygen atoms in total. The third-order valence-electron chi connectivity index (χ3n) is 3.02. The fraction of sp³-hybridized carbons (Fsp3) is 0.455. The average Bonchev–Trinajstić information content (AvgIpc) is 2.59. The van der Waals surface area contributed by atoms with Crippen molar-refractivity contribution in [1.82, 2.24) is 4.98 Å². The average molecular weight is 220 g/mol. The molecule has 0 aliphatic carbocycles. The molecular formula is C11H16N4O. The molecule has 2 unspecified atom stereocenters. The van der Waals surface area contributed by atoms with Crippen LogP contribution in [0.4, 0.5) is 5.82 Å². The highest BCUT2D eigenvalue weighted by Crippen LogP contribution is 2.21. The minimum Gasteiger partial charge on any atom is -0.366 e. The van der Waals surface area contributed by atoms with Gasteiger partial charge in [0.1, 0.15) is 5.82 Å². The third kappa shape index (κ3) is 1.99. The molecular weight excluding hydrogens is 204 g/mol. The van der Waals surface area contributed by atoms with Gasteiger partial charge in [0.2, 0.25) is 5.91 Å². The highest BCUT2D eigenvalue weighted by Gasteiger charge is 2.27. The SMILES string of the molecule is CC1CN(c2cc(C(N)=O)ccn2)CC1N. The maximum atomic E-state index is 11.0. The summed E-state index contributed by atoms with van der Waals surface area (Å²) < 4.78 is 0. The monoisotopic (exact) mass is 220 g/mol. The van der Waals surface area contributed by atoms with E-state index >= 15 is 0 Å². The van der Waals surface area contributed by atoms with E-state index in [0.717, 1.165) is 18.9 Å². The summed E-state index contributed by atoms with van der Waals surface area (Å²) in [6.45, 7) is 3.76. The Morgan fingerprint density at radius 2 is 2.31 bits per heavy atom. The van der Waals surface area contributed by atoms with Crippen LogP contribution >= 0.6 is 0 Å². The smallest absolute Gasteiger partial charge is 0.248 e. The van der Waals surface area contributed by atoms with Crippen LogP contribution in [0.25, 0.3) is 0 Å². The summed E-state index contributed by atoms with van der Waals surface area (Å²) in [6.07, 6.45) is 1.60. The number of hydrogen-bond donors (Lipinski definition) is 2. The zero-order valence-corrected chi connectivity index (χ0v) is 9.26. The first kappa shape index (κ1) is 10.9. The number of pyridine rings is 1. The highest BCUT2D eigenvalue weighted by molar-refractivity contribution is 5.93. The van der Waals surface area contributed by atoms with Gasteiger partial charge in [0.15, 0.2) is 0 Å². The van der Waals surface area contributed by atoms with Crippen molar-refractivity contribution in [2.45, 2.75) is 13.0 Å². The standard InChI is InChI=1S/C11H16N4O/c1-7-5-15(6-9(7)12)10-4-8(11(13)16)2-3-14-10/h2-4,7,9H,5-6,12H2,1H3,(H2,13,16). The number of aromatic nitrogens is 1. The number of carbonyl (C=O) groups excluding carboxylic acids is 1. The van der Waals surface area contributed by atoms with E-state index in [-0.39, 0.29) is 6.04 Å². The Kier molecular flexibility index (Phi) is 2.78. The minimum atomic E-state index is -0.430. The number of hydrogen-bond acceptors (Lipinski definition) is 4. The highest BCUT2D eigenvalue weighted by atomic mass is 16.1. The maximum absolute atomic E-state index is 11.0. The molecule has 0 radical (unpaired) electrons. The van der Waals surface area contributed by atoms with Crippen molar-refractivity contribution in [3.63, 3.8) is 0 Å². The van der Waals surface area contributed by atoms with Crippen molar-refractivity contribution < 1.29 is 4.79 Å². The van der Waals surface area contributed by atoms with Gasteiger partial charge in [-0.15, -0.1) is 0 Å². The van der Waals surface area contributed by atoms with Crippen molar-refractivity contribution in [1.29, 1.82) is 0 Å². The molecule has 2 atom stereocenters. The van der Waals surface area contributed by atoms with E-state index in [1.54, 1.807) is 18.3 Å². The fourth-order valence-corrected chi connectivity index (χ4v) is 1.92. The van der Waals surface area contributed by atoms with Crippen LogP contribution in [0.15, 0.2) is 18.3 Å². The van der Waals surface area contributed by atoms with Crippen LogP contribution in [0.2, 0.25) is 0 Å². The van der Waals surface area contributed by atoms with Crippen LogP contribution in [0.5, 0.6) is 0 Å². The van der Waals surface area contributed by atoms with E-state index in [4.69, 9.17) is 11.5 Å². The molecule has 1 aliphatic heterocycles. The zero-order valence-electron chi connectivity index (χ0n) is 9.26. The van der Waals surface area contributed by atoms with Crippen molar-refractivity contribution in [3.05, 3.63) is 23.9 Å². The molecule has 4 N–H and O–H groups in total. The lowest BCUT2D eigenvalue weighted by atomic mass is 10.1. The van der Waals surface area contributed by atoms with E-state index in [2.05, 4.69) is 16.8 Å². The van der Waals surface area contributed by atoms with Crippen LogP contribution in [0.3, 0.4) is 0 Å². The summed E-state index contributed by atoms with van der Waals surface area (Å²) in [5, 5.41) is 0. The van der Waals surface area contributed by atoms with E-state index in [1.807, 2.05) is 0 Å². The predicted octanol–water partition coefficient (Wildman–Crippen LogP) is -0.0361. The quantitative estimate of drug-likeness (QED) is 0.732. The third-order valence-corrected chi connectivity index (χ3v) is 3.02. The van der Waals surface area contributed by atoms with Gasteiger partial charge in [0.05, 0.1) is 0 Å². The van der Waals surface area contributed by atoms with Gasteiger partial charge in [-0.1, -0.05) is 6.92 Å². The number of amides is 1. The van der Waals surface area contributed by atoms with Crippen LogP contribution in [0, 0.1) is 5.92 Å².